The van der Waals surface area contributed by atoms with Gasteiger partial charge in [-0.3, -0.25) is 4.79 Å². The van der Waals surface area contributed by atoms with Crippen molar-refractivity contribution in [3.05, 3.63) is 76.3 Å². The Labute approximate surface area is 138 Å². The van der Waals surface area contributed by atoms with Crippen molar-refractivity contribution in [2.24, 2.45) is 0 Å². The van der Waals surface area contributed by atoms with Gasteiger partial charge >= 0.3 is 0 Å². The highest BCUT2D eigenvalue weighted by molar-refractivity contribution is 9.10. The molecule has 3 aromatic carbocycles. The smallest absolute Gasteiger partial charge is 0.256 e. The van der Waals surface area contributed by atoms with Crippen LogP contribution >= 0.6 is 15.9 Å². The Balaban J connectivity index is 1.94. The highest BCUT2D eigenvalue weighted by Gasteiger charge is 2.11. The third-order valence-electron chi connectivity index (χ3n) is 3.72. The van der Waals surface area contributed by atoms with Gasteiger partial charge in [0.2, 0.25) is 0 Å². The molecule has 0 unspecified atom stereocenters. The molecule has 1 N–H and O–H groups in total. The van der Waals surface area contributed by atoms with Crippen LogP contribution in [0, 0.1) is 0 Å². The fourth-order valence-electron chi connectivity index (χ4n) is 2.49. The SMILES string of the molecule is CCc1ccc(NC(=O)c2cccc3ccccc23)c(Br)c1. The Morgan fingerprint density at radius 3 is 2.59 bits per heavy atom. The summed E-state index contributed by atoms with van der Waals surface area (Å²) in [6, 6.07) is 19.7. The third-order valence-corrected chi connectivity index (χ3v) is 4.38. The molecular formula is C19H16BrNO. The largest absolute Gasteiger partial charge is 0.321 e. The molecule has 0 saturated heterocycles. The zero-order valence-electron chi connectivity index (χ0n) is 12.3. The van der Waals surface area contributed by atoms with Gasteiger partial charge in [-0.15, -0.1) is 0 Å². The lowest BCUT2D eigenvalue weighted by Gasteiger charge is -2.10. The minimum atomic E-state index is -0.0956. The second kappa shape index (κ2) is 6.32. The zero-order valence-corrected chi connectivity index (χ0v) is 13.9. The van der Waals surface area contributed by atoms with E-state index in [1.165, 1.54) is 5.56 Å². The van der Waals surface area contributed by atoms with E-state index >= 15 is 0 Å². The van der Waals surface area contributed by atoms with Crippen LogP contribution in [-0.2, 0) is 6.42 Å². The first-order chi connectivity index (χ1) is 10.7. The molecule has 3 heteroatoms. The fourth-order valence-corrected chi connectivity index (χ4v) is 3.02. The molecule has 0 radical (unpaired) electrons. The van der Waals surface area contributed by atoms with Crippen LogP contribution in [0.1, 0.15) is 22.8 Å². The number of fused-ring (bicyclic) bond motifs is 1. The number of hydrogen-bond acceptors (Lipinski definition) is 1. The van der Waals surface area contributed by atoms with Crippen LogP contribution in [0.3, 0.4) is 0 Å². The Kier molecular flexibility index (Phi) is 4.25. The van der Waals surface area contributed by atoms with Crippen LogP contribution in [0.4, 0.5) is 5.69 Å². The molecule has 0 bridgehead atoms. The Morgan fingerprint density at radius 1 is 1.05 bits per heavy atom. The van der Waals surface area contributed by atoms with Gasteiger partial charge in [-0.25, -0.2) is 0 Å². The van der Waals surface area contributed by atoms with E-state index < -0.39 is 0 Å². The fraction of sp³-hybridized carbons (Fsp3) is 0.105. The summed E-state index contributed by atoms with van der Waals surface area (Å²) in [6.45, 7) is 2.11. The molecule has 0 fully saturated rings. The third kappa shape index (κ3) is 2.90. The molecule has 0 spiro atoms. The molecule has 0 atom stereocenters. The van der Waals surface area contributed by atoms with Crippen LogP contribution in [0.2, 0.25) is 0 Å². The number of rotatable bonds is 3. The van der Waals surface area contributed by atoms with Crippen molar-refractivity contribution in [3.8, 4) is 0 Å². The number of carbonyl (C=O) groups excluding carboxylic acids is 1. The minimum absolute atomic E-state index is 0.0956. The Morgan fingerprint density at radius 2 is 1.82 bits per heavy atom. The topological polar surface area (TPSA) is 29.1 Å². The number of halogens is 1. The van der Waals surface area contributed by atoms with E-state index in [1.807, 2.05) is 60.7 Å². The van der Waals surface area contributed by atoms with Gasteiger partial charge in [0.15, 0.2) is 0 Å². The number of aryl methyl sites for hydroxylation is 1. The lowest BCUT2D eigenvalue weighted by molar-refractivity contribution is 0.102. The number of benzene rings is 3. The van der Waals surface area contributed by atoms with E-state index in [1.54, 1.807) is 0 Å². The molecule has 3 rings (SSSR count). The van der Waals surface area contributed by atoms with E-state index in [-0.39, 0.29) is 5.91 Å². The molecule has 0 aromatic heterocycles. The van der Waals surface area contributed by atoms with E-state index in [9.17, 15) is 4.79 Å². The summed E-state index contributed by atoms with van der Waals surface area (Å²) in [4.78, 5) is 12.6. The second-order valence-corrected chi connectivity index (χ2v) is 6.00. The summed E-state index contributed by atoms with van der Waals surface area (Å²) in [5, 5.41) is 5.01. The molecule has 1 amide bonds. The number of amides is 1. The van der Waals surface area contributed by atoms with Crippen molar-refractivity contribution in [1.82, 2.24) is 0 Å². The van der Waals surface area contributed by atoms with Gasteiger partial charge in [0.1, 0.15) is 0 Å². The number of hydrogen-bond donors (Lipinski definition) is 1. The van der Waals surface area contributed by atoms with Crippen LogP contribution in [0.25, 0.3) is 10.8 Å². The van der Waals surface area contributed by atoms with Gasteiger partial charge in [0.25, 0.3) is 5.91 Å². The predicted molar refractivity (Wildman–Crippen MR) is 95.4 cm³/mol. The summed E-state index contributed by atoms with van der Waals surface area (Å²) in [5.74, 6) is -0.0956. The predicted octanol–water partition coefficient (Wildman–Crippen LogP) is 5.42. The van der Waals surface area contributed by atoms with Crippen molar-refractivity contribution >= 4 is 38.3 Å². The van der Waals surface area contributed by atoms with Crippen LogP contribution in [0.5, 0.6) is 0 Å². The standard InChI is InChI=1S/C19H16BrNO/c1-2-13-10-11-18(17(20)12-13)21-19(22)16-9-5-7-14-6-3-4-8-15(14)16/h3-12H,2H2,1H3,(H,21,22). The van der Waals surface area contributed by atoms with E-state index in [2.05, 4.69) is 28.2 Å². The maximum absolute atomic E-state index is 12.6. The summed E-state index contributed by atoms with van der Waals surface area (Å²) in [6.07, 6.45) is 0.968. The van der Waals surface area contributed by atoms with Crippen molar-refractivity contribution in [2.45, 2.75) is 13.3 Å². The van der Waals surface area contributed by atoms with Gasteiger partial charge in [-0.05, 0) is 56.9 Å². The van der Waals surface area contributed by atoms with E-state index in [0.717, 1.165) is 27.4 Å². The monoisotopic (exact) mass is 353 g/mol. The van der Waals surface area contributed by atoms with Crippen LogP contribution in [-0.4, -0.2) is 5.91 Å². The first kappa shape index (κ1) is 14.8. The maximum Gasteiger partial charge on any atom is 0.256 e. The molecular weight excluding hydrogens is 338 g/mol. The van der Waals surface area contributed by atoms with E-state index in [4.69, 9.17) is 0 Å². The second-order valence-electron chi connectivity index (χ2n) is 5.15. The molecule has 0 saturated carbocycles. The number of anilines is 1. The summed E-state index contributed by atoms with van der Waals surface area (Å²) in [5.41, 5.74) is 2.70. The molecule has 0 aliphatic rings. The normalized spacial score (nSPS) is 10.6. The molecule has 3 aromatic rings. The highest BCUT2D eigenvalue weighted by atomic mass is 79.9. The van der Waals surface area contributed by atoms with Crippen molar-refractivity contribution in [3.63, 3.8) is 0 Å². The highest BCUT2D eigenvalue weighted by Crippen LogP contribution is 2.26. The molecule has 110 valence electrons. The van der Waals surface area contributed by atoms with Gasteiger partial charge in [0, 0.05) is 10.0 Å². The molecule has 0 aliphatic carbocycles. The average molecular weight is 354 g/mol. The quantitative estimate of drug-likeness (QED) is 0.669. The molecule has 0 heterocycles. The summed E-state index contributed by atoms with van der Waals surface area (Å²) >= 11 is 3.52. The van der Waals surface area contributed by atoms with Gasteiger partial charge < -0.3 is 5.32 Å². The lowest BCUT2D eigenvalue weighted by Crippen LogP contribution is -2.12. The van der Waals surface area contributed by atoms with Crippen molar-refractivity contribution in [1.29, 1.82) is 0 Å². The first-order valence-corrected chi connectivity index (χ1v) is 8.06. The lowest BCUT2D eigenvalue weighted by atomic mass is 10.0. The average Bonchev–Trinajstić information content (AvgIpc) is 2.56. The van der Waals surface area contributed by atoms with Crippen molar-refractivity contribution in [2.75, 3.05) is 5.32 Å². The van der Waals surface area contributed by atoms with Gasteiger partial charge in [0.05, 0.1) is 5.69 Å². The maximum atomic E-state index is 12.6. The summed E-state index contributed by atoms with van der Waals surface area (Å²) in [7, 11) is 0. The van der Waals surface area contributed by atoms with Crippen LogP contribution < -0.4 is 5.32 Å². The van der Waals surface area contributed by atoms with Gasteiger partial charge in [-0.2, -0.15) is 0 Å². The van der Waals surface area contributed by atoms with Crippen LogP contribution in [0.15, 0.2) is 65.1 Å². The Hall–Kier alpha value is -2.13. The molecule has 2 nitrogen and oxygen atoms in total. The first-order valence-electron chi connectivity index (χ1n) is 7.26. The molecule has 22 heavy (non-hydrogen) atoms. The minimum Gasteiger partial charge on any atom is -0.321 e. The zero-order chi connectivity index (χ0) is 15.5. The van der Waals surface area contributed by atoms with E-state index in [0.29, 0.717) is 5.56 Å². The number of nitrogens with one attached hydrogen (secondary N) is 1. The Bertz CT molecular complexity index is 836. The molecule has 0 aliphatic heterocycles. The van der Waals surface area contributed by atoms with Gasteiger partial charge in [-0.1, -0.05) is 49.4 Å². The summed E-state index contributed by atoms with van der Waals surface area (Å²) < 4.78 is 0.903. The number of carbonyl (C=O) groups is 1. The van der Waals surface area contributed by atoms with Crippen molar-refractivity contribution < 1.29 is 4.79 Å².